The molecule has 2 aliphatic heterocycles. The van der Waals surface area contributed by atoms with Crippen molar-refractivity contribution < 1.29 is 9.59 Å². The molecule has 2 aliphatic rings. The van der Waals surface area contributed by atoms with Crippen molar-refractivity contribution in [2.45, 2.75) is 38.6 Å². The number of rotatable bonds is 6. The number of amides is 2. The number of fused-ring (bicyclic) bond motifs is 1. The van der Waals surface area contributed by atoms with Crippen molar-refractivity contribution in [1.82, 2.24) is 29.9 Å². The Morgan fingerprint density at radius 1 is 1.25 bits per heavy atom. The number of carbonyl (C=O) groups excluding carboxylic acids is 2. The summed E-state index contributed by atoms with van der Waals surface area (Å²) in [6.45, 7) is 6.74. The Morgan fingerprint density at radius 3 is 2.82 bits per heavy atom. The van der Waals surface area contributed by atoms with E-state index < -0.39 is 0 Å². The van der Waals surface area contributed by atoms with Crippen LogP contribution in [0.5, 0.6) is 0 Å². The molecule has 2 aromatic rings. The maximum absolute atomic E-state index is 12.1. The molecule has 2 fully saturated rings. The van der Waals surface area contributed by atoms with Gasteiger partial charge in [-0.3, -0.25) is 14.5 Å². The zero-order chi connectivity index (χ0) is 19.5. The summed E-state index contributed by atoms with van der Waals surface area (Å²) in [6, 6.07) is 3.97. The largest absolute Gasteiger partial charge is 0.353 e. The third-order valence-corrected chi connectivity index (χ3v) is 5.77. The molecule has 8 heteroatoms. The number of aromatic nitrogens is 3. The molecule has 0 aliphatic carbocycles. The monoisotopic (exact) mass is 384 g/mol. The average Bonchev–Trinajstić information content (AvgIpc) is 3.41. The summed E-state index contributed by atoms with van der Waals surface area (Å²) < 4.78 is 1.89. The highest BCUT2D eigenvalue weighted by Gasteiger charge is 2.29. The first kappa shape index (κ1) is 18.9. The van der Waals surface area contributed by atoms with Crippen LogP contribution in [0.1, 0.15) is 37.8 Å². The summed E-state index contributed by atoms with van der Waals surface area (Å²) in [5.41, 5.74) is 1.85. The fourth-order valence-corrected chi connectivity index (χ4v) is 4.26. The number of hydrogen-bond donors (Lipinski definition) is 1. The topological polar surface area (TPSA) is 83.4 Å². The first-order chi connectivity index (χ1) is 13.6. The maximum Gasteiger partial charge on any atom is 0.234 e. The molecular weight excluding hydrogens is 356 g/mol. The number of hydrogen-bond acceptors (Lipinski definition) is 5. The van der Waals surface area contributed by atoms with Crippen molar-refractivity contribution in [1.29, 1.82) is 0 Å². The second-order valence-corrected chi connectivity index (χ2v) is 7.77. The van der Waals surface area contributed by atoms with Crippen LogP contribution in [0.4, 0.5) is 0 Å². The zero-order valence-corrected chi connectivity index (χ0v) is 16.4. The van der Waals surface area contributed by atoms with E-state index in [1.807, 2.05) is 21.7 Å². The van der Waals surface area contributed by atoms with E-state index in [0.717, 1.165) is 42.8 Å². The Kier molecular flexibility index (Phi) is 5.57. The van der Waals surface area contributed by atoms with Crippen LogP contribution in [0.3, 0.4) is 0 Å². The van der Waals surface area contributed by atoms with E-state index in [1.165, 1.54) is 12.8 Å². The van der Waals surface area contributed by atoms with Gasteiger partial charge in [0.1, 0.15) is 0 Å². The number of likely N-dealkylation sites (tertiary alicyclic amines) is 2. The average molecular weight is 384 g/mol. The number of carbonyl (C=O) groups is 2. The first-order valence-electron chi connectivity index (χ1n) is 10.2. The highest BCUT2D eigenvalue weighted by atomic mass is 16.2. The van der Waals surface area contributed by atoms with Gasteiger partial charge in [-0.1, -0.05) is 0 Å². The van der Waals surface area contributed by atoms with Crippen LogP contribution in [-0.2, 0) is 16.1 Å². The molecule has 1 atom stereocenters. The lowest BCUT2D eigenvalue weighted by molar-refractivity contribution is -0.127. The molecule has 0 saturated carbocycles. The molecule has 0 radical (unpaired) electrons. The van der Waals surface area contributed by atoms with Gasteiger partial charge in [0.05, 0.1) is 18.8 Å². The Hall–Kier alpha value is -2.48. The van der Waals surface area contributed by atoms with Gasteiger partial charge in [0, 0.05) is 44.1 Å². The van der Waals surface area contributed by atoms with Crippen molar-refractivity contribution in [2.24, 2.45) is 0 Å². The van der Waals surface area contributed by atoms with Gasteiger partial charge in [-0.15, -0.1) is 0 Å². The second kappa shape index (κ2) is 8.26. The first-order valence-corrected chi connectivity index (χ1v) is 10.2. The van der Waals surface area contributed by atoms with Crippen LogP contribution in [0.2, 0.25) is 0 Å². The summed E-state index contributed by atoms with van der Waals surface area (Å²) >= 11 is 0. The van der Waals surface area contributed by atoms with Crippen molar-refractivity contribution in [3.05, 3.63) is 24.0 Å². The second-order valence-electron chi connectivity index (χ2n) is 7.77. The SMILES string of the molecule is CC(=O)N1CC[C@H](c2nn(CCNC(=O)CN3CCCC3)c3ncccc23)C1. The van der Waals surface area contributed by atoms with E-state index in [-0.39, 0.29) is 17.7 Å². The van der Waals surface area contributed by atoms with Gasteiger partial charge in [0.25, 0.3) is 0 Å². The predicted octanol–water partition coefficient (Wildman–Crippen LogP) is 0.979. The summed E-state index contributed by atoms with van der Waals surface area (Å²) in [5, 5.41) is 8.86. The minimum Gasteiger partial charge on any atom is -0.353 e. The highest BCUT2D eigenvalue weighted by Crippen LogP contribution is 2.31. The molecule has 0 spiro atoms. The van der Waals surface area contributed by atoms with Gasteiger partial charge < -0.3 is 10.2 Å². The molecular formula is C20H28N6O2. The molecule has 1 N–H and O–H groups in total. The van der Waals surface area contributed by atoms with E-state index in [0.29, 0.717) is 26.2 Å². The van der Waals surface area contributed by atoms with Crippen LogP contribution in [0.15, 0.2) is 18.3 Å². The molecule has 2 amide bonds. The van der Waals surface area contributed by atoms with Crippen molar-refractivity contribution >= 4 is 22.8 Å². The maximum atomic E-state index is 12.1. The molecule has 0 bridgehead atoms. The van der Waals surface area contributed by atoms with Crippen LogP contribution < -0.4 is 5.32 Å². The fourth-order valence-electron chi connectivity index (χ4n) is 4.26. The third-order valence-electron chi connectivity index (χ3n) is 5.77. The normalized spacial score (nSPS) is 20.2. The molecule has 150 valence electrons. The Bertz CT molecular complexity index is 857. The van der Waals surface area contributed by atoms with Crippen LogP contribution in [0.25, 0.3) is 11.0 Å². The summed E-state index contributed by atoms with van der Waals surface area (Å²) in [5.74, 6) is 0.422. The van der Waals surface area contributed by atoms with Crippen LogP contribution >= 0.6 is 0 Å². The molecule has 0 aromatic carbocycles. The van der Waals surface area contributed by atoms with Crippen LogP contribution in [0, 0.1) is 0 Å². The Labute approximate surface area is 164 Å². The van der Waals surface area contributed by atoms with E-state index in [2.05, 4.69) is 15.2 Å². The standard InChI is InChI=1S/C20H28N6O2/c1-15(27)25-11-6-16(13-25)19-17-5-4-7-22-20(17)26(23-19)12-8-21-18(28)14-24-9-2-3-10-24/h4-5,7,16H,2-3,6,8-14H2,1H3,(H,21,28)/t16-/m0/s1. The van der Waals surface area contributed by atoms with Gasteiger partial charge >= 0.3 is 0 Å². The number of nitrogens with one attached hydrogen (secondary N) is 1. The van der Waals surface area contributed by atoms with Gasteiger partial charge in [-0.05, 0) is 44.5 Å². The van der Waals surface area contributed by atoms with Crippen LogP contribution in [-0.4, -0.2) is 75.6 Å². The van der Waals surface area contributed by atoms with Gasteiger partial charge in [0.15, 0.2) is 5.65 Å². The molecule has 28 heavy (non-hydrogen) atoms. The van der Waals surface area contributed by atoms with Gasteiger partial charge in [-0.25, -0.2) is 9.67 Å². The van der Waals surface area contributed by atoms with E-state index in [9.17, 15) is 9.59 Å². The predicted molar refractivity (Wildman–Crippen MR) is 106 cm³/mol. The number of pyridine rings is 1. The summed E-state index contributed by atoms with van der Waals surface area (Å²) in [6.07, 6.45) is 5.06. The molecule has 4 rings (SSSR count). The van der Waals surface area contributed by atoms with E-state index in [4.69, 9.17) is 5.10 Å². The lowest BCUT2D eigenvalue weighted by atomic mass is 10.0. The van der Waals surface area contributed by atoms with Crippen molar-refractivity contribution in [3.8, 4) is 0 Å². The lowest BCUT2D eigenvalue weighted by Crippen LogP contribution is -2.37. The highest BCUT2D eigenvalue weighted by molar-refractivity contribution is 5.80. The van der Waals surface area contributed by atoms with E-state index in [1.54, 1.807) is 13.1 Å². The molecule has 8 nitrogen and oxygen atoms in total. The van der Waals surface area contributed by atoms with Gasteiger partial charge in [-0.2, -0.15) is 5.10 Å². The molecule has 2 aromatic heterocycles. The minimum absolute atomic E-state index is 0.0689. The van der Waals surface area contributed by atoms with E-state index >= 15 is 0 Å². The summed E-state index contributed by atoms with van der Waals surface area (Å²) in [4.78, 5) is 32.4. The zero-order valence-electron chi connectivity index (χ0n) is 16.4. The van der Waals surface area contributed by atoms with Crippen molar-refractivity contribution in [3.63, 3.8) is 0 Å². The number of nitrogens with zero attached hydrogens (tertiary/aromatic N) is 5. The quantitative estimate of drug-likeness (QED) is 0.803. The molecule has 0 unspecified atom stereocenters. The van der Waals surface area contributed by atoms with Gasteiger partial charge in [0.2, 0.25) is 11.8 Å². The third kappa shape index (κ3) is 4.01. The van der Waals surface area contributed by atoms with Crippen molar-refractivity contribution in [2.75, 3.05) is 39.3 Å². The fraction of sp³-hybridized carbons (Fsp3) is 0.600. The Balaban J connectivity index is 1.41. The minimum atomic E-state index is 0.0689. The Morgan fingerprint density at radius 2 is 2.07 bits per heavy atom. The lowest BCUT2D eigenvalue weighted by Gasteiger charge is -2.14. The summed E-state index contributed by atoms with van der Waals surface area (Å²) in [7, 11) is 0. The smallest absolute Gasteiger partial charge is 0.234 e. The molecule has 2 saturated heterocycles. The molecule has 4 heterocycles.